The fraction of sp³-hybridized carbons (Fsp3) is 0.583. The molecular formula is C48H59F3N6O10S2. The van der Waals surface area contributed by atoms with Gasteiger partial charge in [-0.3, -0.25) is 29.0 Å². The standard InChI is InChI=1S/C48H59F3N6O10S2/c1-28(2)66-33-13-11-31(12-14-33)36-20-34(21-37(53-36)39-24-52-27-68-39)67-35-22-38-41(58)54-47(43(60)55-69(63,64)45(5)16-17-45)23-32(47)10-7-6-9-29(3)19-30(4)40(42(59)56(38)25-35)57(44(61)62)46(48(49,50)51)15-8-18-65-26-46/h7,10-14,20-21,24,27-30,32,35,38,40H,6,8-9,15-19,22-23,25-26H2,1-5H3,(H,54,58)(H,55,60)(H,61,62)/b10-7-/t29-,30-,32-,35-,38+,40+,46?,47-/m1/s1. The number of aromatic nitrogens is 2. The van der Waals surface area contributed by atoms with Gasteiger partial charge in [0.1, 0.15) is 35.2 Å². The second-order valence-corrected chi connectivity index (χ2v) is 23.0. The van der Waals surface area contributed by atoms with Gasteiger partial charge in [0.25, 0.3) is 5.91 Å². The van der Waals surface area contributed by atoms with Gasteiger partial charge in [-0.2, -0.15) is 13.2 Å². The number of carbonyl (C=O) groups is 4. The average molecular weight is 1000 g/mol. The predicted molar refractivity (Wildman–Crippen MR) is 249 cm³/mol. The number of hydrogen-bond acceptors (Lipinski definition) is 12. The molecule has 3 aliphatic heterocycles. The summed E-state index contributed by atoms with van der Waals surface area (Å²) in [7, 11) is -4.15. The molecular weight excluding hydrogens is 942 g/mol. The average Bonchev–Trinajstić information content (AvgIpc) is 4.04. The van der Waals surface area contributed by atoms with E-state index in [0.717, 1.165) is 4.90 Å². The zero-order valence-corrected chi connectivity index (χ0v) is 40.8. The molecule has 2 aromatic heterocycles. The van der Waals surface area contributed by atoms with Crippen molar-refractivity contribution >= 4 is 45.2 Å². The third kappa shape index (κ3) is 10.2. The molecule has 8 rings (SSSR count). The van der Waals surface area contributed by atoms with Gasteiger partial charge in [-0.25, -0.2) is 18.2 Å². The number of sulfonamides is 1. The van der Waals surface area contributed by atoms with E-state index in [-0.39, 0.29) is 61.5 Å². The molecule has 0 spiro atoms. The number of hydrogen-bond donors (Lipinski definition) is 3. The minimum atomic E-state index is -5.16. The maximum atomic E-state index is 15.5. The van der Waals surface area contributed by atoms with Crippen molar-refractivity contribution in [2.45, 2.75) is 139 Å². The van der Waals surface area contributed by atoms with E-state index in [2.05, 4.69) is 15.0 Å². The summed E-state index contributed by atoms with van der Waals surface area (Å²) in [5, 5.41) is 13.7. The molecule has 1 unspecified atom stereocenters. The van der Waals surface area contributed by atoms with E-state index in [1.165, 1.54) is 18.3 Å². The van der Waals surface area contributed by atoms with Crippen LogP contribution in [0.1, 0.15) is 92.4 Å². The lowest BCUT2D eigenvalue weighted by Gasteiger charge is -2.50. The summed E-state index contributed by atoms with van der Waals surface area (Å²) in [6, 6.07) is 7.16. The molecule has 5 heterocycles. The van der Waals surface area contributed by atoms with Crippen molar-refractivity contribution < 1.29 is 60.1 Å². The summed E-state index contributed by atoms with van der Waals surface area (Å²) in [6.45, 7) is 7.32. The molecule has 4 fully saturated rings. The zero-order valence-electron chi connectivity index (χ0n) is 39.2. The number of ether oxygens (including phenoxy) is 3. The summed E-state index contributed by atoms with van der Waals surface area (Å²) in [4.78, 5) is 69.2. The first kappa shape index (κ1) is 50.1. The van der Waals surface area contributed by atoms with Crippen molar-refractivity contribution in [1.82, 2.24) is 29.8 Å². The van der Waals surface area contributed by atoms with Crippen LogP contribution in [0.5, 0.6) is 11.5 Å². The van der Waals surface area contributed by atoms with Gasteiger partial charge in [0.2, 0.25) is 21.8 Å². The number of halogens is 3. The molecule has 374 valence electrons. The number of nitrogens with one attached hydrogen (secondary N) is 2. The molecule has 2 saturated heterocycles. The maximum absolute atomic E-state index is 15.5. The van der Waals surface area contributed by atoms with Gasteiger partial charge in [0.15, 0.2) is 5.54 Å². The highest BCUT2D eigenvalue weighted by molar-refractivity contribution is 7.91. The number of thiazole rings is 1. The van der Waals surface area contributed by atoms with Crippen LogP contribution in [0, 0.1) is 17.8 Å². The van der Waals surface area contributed by atoms with E-state index in [1.54, 1.807) is 49.0 Å². The molecule has 69 heavy (non-hydrogen) atoms. The van der Waals surface area contributed by atoms with Crippen LogP contribution >= 0.6 is 11.3 Å². The maximum Gasteiger partial charge on any atom is 0.414 e. The molecule has 21 heteroatoms. The van der Waals surface area contributed by atoms with Crippen LogP contribution < -0.4 is 19.5 Å². The lowest BCUT2D eigenvalue weighted by Crippen LogP contribution is -2.71. The Morgan fingerprint density at radius 3 is 2.42 bits per heavy atom. The predicted octanol–water partition coefficient (Wildman–Crippen LogP) is 7.35. The first-order chi connectivity index (χ1) is 32.6. The molecule has 0 bridgehead atoms. The number of allylic oxidation sites excluding steroid dienone is 1. The van der Waals surface area contributed by atoms with Crippen LogP contribution in [0.4, 0.5) is 18.0 Å². The molecule has 2 aliphatic carbocycles. The summed E-state index contributed by atoms with van der Waals surface area (Å²) in [6.07, 6.45) is -2.22. The van der Waals surface area contributed by atoms with Crippen LogP contribution in [0.25, 0.3) is 21.8 Å². The number of carbonyl (C=O) groups excluding carboxylic acids is 3. The molecule has 4 amide bonds. The highest BCUT2D eigenvalue weighted by Crippen LogP contribution is 2.49. The first-order valence-corrected chi connectivity index (χ1v) is 25.8. The second-order valence-electron chi connectivity index (χ2n) is 19.9. The fourth-order valence-corrected chi connectivity index (χ4v) is 11.9. The van der Waals surface area contributed by atoms with Gasteiger partial charge in [-0.15, -0.1) is 11.3 Å². The molecule has 3 N–H and O–H groups in total. The van der Waals surface area contributed by atoms with Gasteiger partial charge in [-0.05, 0) is 108 Å². The van der Waals surface area contributed by atoms with Crippen LogP contribution in [0.15, 0.2) is 60.3 Å². The third-order valence-electron chi connectivity index (χ3n) is 14.2. The molecule has 3 aromatic rings. The summed E-state index contributed by atoms with van der Waals surface area (Å²) < 4.78 is 92.3. The number of alkyl halides is 3. The smallest absolute Gasteiger partial charge is 0.414 e. The summed E-state index contributed by atoms with van der Waals surface area (Å²) in [5.74, 6) is -3.81. The van der Waals surface area contributed by atoms with Crippen molar-refractivity contribution in [3.05, 3.63) is 60.3 Å². The van der Waals surface area contributed by atoms with Crippen molar-refractivity contribution in [1.29, 1.82) is 0 Å². The van der Waals surface area contributed by atoms with Gasteiger partial charge >= 0.3 is 12.3 Å². The zero-order chi connectivity index (χ0) is 49.7. The van der Waals surface area contributed by atoms with Crippen LogP contribution in [-0.2, 0) is 29.1 Å². The van der Waals surface area contributed by atoms with Crippen LogP contribution in [-0.4, -0.2) is 123 Å². The molecule has 2 saturated carbocycles. The van der Waals surface area contributed by atoms with Gasteiger partial charge in [0.05, 0.1) is 45.8 Å². The molecule has 1 aromatic carbocycles. The molecule has 5 aliphatic rings. The largest absolute Gasteiger partial charge is 0.491 e. The van der Waals surface area contributed by atoms with E-state index < -0.39 is 98.9 Å². The van der Waals surface area contributed by atoms with Crippen molar-refractivity contribution in [2.75, 3.05) is 19.8 Å². The summed E-state index contributed by atoms with van der Waals surface area (Å²) >= 11 is 1.33. The highest BCUT2D eigenvalue weighted by atomic mass is 32.2. The monoisotopic (exact) mass is 1000 g/mol. The number of nitrogens with zero attached hydrogens (tertiary/aromatic N) is 4. The highest BCUT2D eigenvalue weighted by Gasteiger charge is 2.66. The number of amides is 4. The Morgan fingerprint density at radius 1 is 1.07 bits per heavy atom. The Hall–Kier alpha value is -5.28. The normalized spacial score (nSPS) is 29.9. The third-order valence-corrected chi connectivity index (χ3v) is 17.2. The van der Waals surface area contributed by atoms with E-state index >= 15 is 18.0 Å². The van der Waals surface area contributed by atoms with Gasteiger partial charge in [-0.1, -0.05) is 26.0 Å². The Balaban J connectivity index is 1.20. The lowest BCUT2D eigenvalue weighted by molar-refractivity contribution is -0.260. The topological polar surface area (TPSA) is 207 Å². The Kier molecular flexibility index (Phi) is 13.9. The number of carboxylic acid groups (broad SMARTS) is 1. The number of rotatable bonds is 11. The van der Waals surface area contributed by atoms with Gasteiger partial charge < -0.3 is 29.5 Å². The molecule has 16 nitrogen and oxygen atoms in total. The van der Waals surface area contributed by atoms with Crippen LogP contribution in [0.2, 0.25) is 0 Å². The minimum Gasteiger partial charge on any atom is -0.491 e. The van der Waals surface area contributed by atoms with E-state index in [1.807, 2.05) is 39.0 Å². The number of fused-ring (bicyclic) bond motifs is 2. The van der Waals surface area contributed by atoms with E-state index in [4.69, 9.17) is 19.2 Å². The fourth-order valence-electron chi connectivity index (χ4n) is 10.00. The lowest BCUT2D eigenvalue weighted by atomic mass is 9.82. The van der Waals surface area contributed by atoms with Crippen molar-refractivity contribution in [3.63, 3.8) is 0 Å². The molecule has 0 radical (unpaired) electrons. The number of benzene rings is 1. The molecule has 8 atom stereocenters. The van der Waals surface area contributed by atoms with E-state index in [0.29, 0.717) is 53.3 Å². The Labute approximate surface area is 403 Å². The number of pyridine rings is 1. The van der Waals surface area contributed by atoms with E-state index in [9.17, 15) is 27.9 Å². The Bertz CT molecular complexity index is 2550. The minimum absolute atomic E-state index is 0.0342. The van der Waals surface area contributed by atoms with Crippen molar-refractivity contribution in [3.8, 4) is 33.3 Å². The van der Waals surface area contributed by atoms with Gasteiger partial charge in [0, 0.05) is 42.8 Å². The van der Waals surface area contributed by atoms with Crippen LogP contribution in [0.3, 0.4) is 0 Å². The first-order valence-electron chi connectivity index (χ1n) is 23.4. The Morgan fingerprint density at radius 2 is 1.80 bits per heavy atom. The second kappa shape index (κ2) is 19.1. The van der Waals surface area contributed by atoms with Crippen molar-refractivity contribution in [2.24, 2.45) is 17.8 Å². The SMILES string of the molecule is CC(C)Oc1ccc(-c2cc(O[C@@H]3C[C@H]4C(=O)N[C@]5(C(=O)NS(=O)(=O)C6(C)CC6)C[C@H]5/C=C\CC[C@@H](C)C[C@@H](C)[C@H](N(C(=O)O)C5(C(F)(F)F)CCCOC5)C(=O)N4C3)cc(-c3cncs3)n2)cc1. The summed E-state index contributed by atoms with van der Waals surface area (Å²) in [5.41, 5.74) is -1.50. The quantitative estimate of drug-likeness (QED) is 0.161.